The van der Waals surface area contributed by atoms with Gasteiger partial charge >= 0.3 is 5.97 Å². The Morgan fingerprint density at radius 1 is 1.33 bits per heavy atom. The standard InChI is InChI=1S/C22H31N5O3/c1-3-10-27(14-17-4-5-17)20(25-15-23)8-9-21(28)26-19-7-6-18(11-16(19)2)12-24-13-22(29)30/h6-9,11,15,17,23-24H,3-5,10,12-14H2,1-2H3,(H,26,28)(H,29,30)/b9-8+,23-15?,25-20?. The molecule has 1 fully saturated rings. The number of rotatable bonds is 12. The van der Waals surface area contributed by atoms with Crippen LogP contribution in [0.3, 0.4) is 0 Å². The van der Waals surface area contributed by atoms with Gasteiger partial charge in [0.05, 0.1) is 6.54 Å². The topological polar surface area (TPSA) is 118 Å². The van der Waals surface area contributed by atoms with Crippen molar-refractivity contribution in [3.05, 3.63) is 41.5 Å². The number of carboxylic acid groups (broad SMARTS) is 1. The van der Waals surface area contributed by atoms with Gasteiger partial charge in [-0.2, -0.15) is 0 Å². The van der Waals surface area contributed by atoms with Gasteiger partial charge in [-0.25, -0.2) is 4.99 Å². The summed E-state index contributed by atoms with van der Waals surface area (Å²) in [6.07, 6.45) is 7.54. The average Bonchev–Trinajstić information content (AvgIpc) is 3.51. The van der Waals surface area contributed by atoms with Crippen LogP contribution in [0.5, 0.6) is 0 Å². The van der Waals surface area contributed by atoms with E-state index in [0.717, 1.165) is 37.0 Å². The molecule has 1 aromatic carbocycles. The summed E-state index contributed by atoms with van der Waals surface area (Å²) in [5, 5.41) is 21.7. The van der Waals surface area contributed by atoms with Gasteiger partial charge in [-0.3, -0.25) is 15.0 Å². The van der Waals surface area contributed by atoms with Crippen molar-refractivity contribution in [2.75, 3.05) is 25.0 Å². The highest BCUT2D eigenvalue weighted by Crippen LogP contribution is 2.30. The monoisotopic (exact) mass is 413 g/mol. The number of carboxylic acids is 1. The number of nitrogens with zero attached hydrogens (tertiary/aromatic N) is 2. The van der Waals surface area contributed by atoms with Crippen LogP contribution in [0.25, 0.3) is 0 Å². The zero-order valence-electron chi connectivity index (χ0n) is 17.6. The van der Waals surface area contributed by atoms with Crippen LogP contribution in [0.4, 0.5) is 5.69 Å². The summed E-state index contributed by atoms with van der Waals surface area (Å²) in [6, 6.07) is 5.57. The molecule has 162 valence electrons. The molecule has 1 saturated carbocycles. The summed E-state index contributed by atoms with van der Waals surface area (Å²) >= 11 is 0. The molecule has 30 heavy (non-hydrogen) atoms. The Morgan fingerprint density at radius 2 is 2.10 bits per heavy atom. The lowest BCUT2D eigenvalue weighted by atomic mass is 10.1. The molecule has 8 nitrogen and oxygen atoms in total. The van der Waals surface area contributed by atoms with Crippen LogP contribution in [-0.2, 0) is 16.1 Å². The highest BCUT2D eigenvalue weighted by molar-refractivity contribution is 6.06. The van der Waals surface area contributed by atoms with E-state index in [1.54, 1.807) is 6.08 Å². The maximum Gasteiger partial charge on any atom is 0.317 e. The number of amides is 1. The first-order valence-corrected chi connectivity index (χ1v) is 10.3. The molecule has 0 atom stereocenters. The molecule has 1 aliphatic rings. The number of aryl methyl sites for hydroxylation is 1. The van der Waals surface area contributed by atoms with E-state index in [4.69, 9.17) is 10.5 Å². The van der Waals surface area contributed by atoms with Crippen LogP contribution in [0, 0.1) is 18.3 Å². The van der Waals surface area contributed by atoms with Crippen LogP contribution in [0.15, 0.2) is 35.3 Å². The van der Waals surface area contributed by atoms with Gasteiger partial charge in [0.1, 0.15) is 12.2 Å². The number of amidine groups is 1. The van der Waals surface area contributed by atoms with Crippen LogP contribution in [0.2, 0.25) is 0 Å². The fraction of sp³-hybridized carbons (Fsp3) is 0.455. The van der Waals surface area contributed by atoms with E-state index in [1.807, 2.05) is 25.1 Å². The number of hydrogen-bond acceptors (Lipinski definition) is 4. The summed E-state index contributed by atoms with van der Waals surface area (Å²) in [5.74, 6) is 0.143. The van der Waals surface area contributed by atoms with Crippen molar-refractivity contribution in [3.63, 3.8) is 0 Å². The van der Waals surface area contributed by atoms with Gasteiger partial charge in [0.25, 0.3) is 0 Å². The Morgan fingerprint density at radius 3 is 2.70 bits per heavy atom. The fourth-order valence-electron chi connectivity index (χ4n) is 3.09. The first-order chi connectivity index (χ1) is 14.4. The van der Waals surface area contributed by atoms with Crippen molar-refractivity contribution in [2.24, 2.45) is 10.9 Å². The maximum atomic E-state index is 12.4. The number of carbonyl (C=O) groups is 2. The SMILES string of the molecule is CCCN(CC1CC1)C(/C=C/C(=O)Nc1ccc(CNCC(=O)O)cc1C)=NC=N. The molecular formula is C22H31N5O3. The van der Waals surface area contributed by atoms with Crippen LogP contribution in [-0.4, -0.2) is 53.7 Å². The van der Waals surface area contributed by atoms with Gasteiger partial charge in [0, 0.05) is 31.4 Å². The molecule has 0 radical (unpaired) electrons. The Hall–Kier alpha value is -3.00. The number of hydrogen-bond donors (Lipinski definition) is 4. The Kier molecular flexibility index (Phi) is 9.21. The highest BCUT2D eigenvalue weighted by atomic mass is 16.4. The van der Waals surface area contributed by atoms with Crippen molar-refractivity contribution >= 4 is 29.7 Å². The minimum Gasteiger partial charge on any atom is -0.480 e. The predicted molar refractivity (Wildman–Crippen MR) is 119 cm³/mol. The van der Waals surface area contributed by atoms with Crippen molar-refractivity contribution in [1.82, 2.24) is 10.2 Å². The number of carbonyl (C=O) groups excluding carboxylic acids is 1. The molecular weight excluding hydrogens is 382 g/mol. The molecule has 0 unspecified atom stereocenters. The molecule has 2 rings (SSSR count). The smallest absolute Gasteiger partial charge is 0.317 e. The van der Waals surface area contributed by atoms with Crippen LogP contribution < -0.4 is 10.6 Å². The zero-order chi connectivity index (χ0) is 21.9. The number of anilines is 1. The van der Waals surface area contributed by atoms with Crippen molar-refractivity contribution in [3.8, 4) is 0 Å². The second-order valence-electron chi connectivity index (χ2n) is 7.47. The summed E-state index contributed by atoms with van der Waals surface area (Å²) in [6.45, 7) is 6.08. The van der Waals surface area contributed by atoms with Gasteiger partial charge in [0.2, 0.25) is 5.91 Å². The summed E-state index contributed by atoms with van der Waals surface area (Å²) < 4.78 is 0. The highest BCUT2D eigenvalue weighted by Gasteiger charge is 2.25. The van der Waals surface area contributed by atoms with Gasteiger partial charge in [-0.1, -0.05) is 19.1 Å². The second kappa shape index (κ2) is 11.9. The number of benzene rings is 1. The van der Waals surface area contributed by atoms with E-state index in [9.17, 15) is 9.59 Å². The Labute approximate surface area is 177 Å². The quantitative estimate of drug-likeness (QED) is 0.239. The largest absolute Gasteiger partial charge is 0.480 e. The average molecular weight is 414 g/mol. The summed E-state index contributed by atoms with van der Waals surface area (Å²) in [4.78, 5) is 29.3. The van der Waals surface area contributed by atoms with E-state index in [1.165, 1.54) is 18.9 Å². The third-order valence-electron chi connectivity index (χ3n) is 4.73. The Bertz CT molecular complexity index is 815. The molecule has 1 amide bonds. The lowest BCUT2D eigenvalue weighted by Crippen LogP contribution is -2.32. The molecule has 0 aliphatic heterocycles. The van der Waals surface area contributed by atoms with E-state index >= 15 is 0 Å². The minimum atomic E-state index is -0.900. The fourth-order valence-corrected chi connectivity index (χ4v) is 3.09. The molecule has 1 aromatic rings. The first-order valence-electron chi connectivity index (χ1n) is 10.3. The third-order valence-corrected chi connectivity index (χ3v) is 4.73. The minimum absolute atomic E-state index is 0.0994. The summed E-state index contributed by atoms with van der Waals surface area (Å²) in [7, 11) is 0. The molecule has 0 saturated heterocycles. The molecule has 0 spiro atoms. The molecule has 0 heterocycles. The summed E-state index contributed by atoms with van der Waals surface area (Å²) in [5.41, 5.74) is 2.53. The Balaban J connectivity index is 1.98. The molecule has 8 heteroatoms. The maximum absolute atomic E-state index is 12.4. The number of aliphatic imine (C=N–C) groups is 1. The number of nitrogens with one attached hydrogen (secondary N) is 3. The van der Waals surface area contributed by atoms with Gasteiger partial charge in [0.15, 0.2) is 0 Å². The van der Waals surface area contributed by atoms with E-state index < -0.39 is 5.97 Å². The molecule has 0 bridgehead atoms. The van der Waals surface area contributed by atoms with E-state index in [-0.39, 0.29) is 12.5 Å². The lowest BCUT2D eigenvalue weighted by molar-refractivity contribution is -0.136. The van der Waals surface area contributed by atoms with Gasteiger partial charge < -0.3 is 20.6 Å². The second-order valence-corrected chi connectivity index (χ2v) is 7.47. The third kappa shape index (κ3) is 8.16. The molecule has 0 aromatic heterocycles. The van der Waals surface area contributed by atoms with Crippen molar-refractivity contribution in [1.29, 1.82) is 5.41 Å². The normalized spacial score (nSPS) is 14.0. The zero-order valence-corrected chi connectivity index (χ0v) is 17.6. The van der Waals surface area contributed by atoms with E-state index in [2.05, 4.69) is 27.4 Å². The first kappa shape index (κ1) is 23.3. The van der Waals surface area contributed by atoms with Crippen LogP contribution >= 0.6 is 0 Å². The van der Waals surface area contributed by atoms with Crippen molar-refractivity contribution in [2.45, 2.75) is 39.7 Å². The molecule has 4 N–H and O–H groups in total. The van der Waals surface area contributed by atoms with Gasteiger partial charge in [-0.05, 0) is 55.4 Å². The van der Waals surface area contributed by atoms with E-state index in [0.29, 0.717) is 24.0 Å². The van der Waals surface area contributed by atoms with Crippen LogP contribution in [0.1, 0.15) is 37.3 Å². The predicted octanol–water partition coefficient (Wildman–Crippen LogP) is 2.79. The molecule has 1 aliphatic carbocycles. The number of aliphatic carboxylic acids is 1. The van der Waals surface area contributed by atoms with Crippen molar-refractivity contribution < 1.29 is 14.7 Å². The lowest BCUT2D eigenvalue weighted by Gasteiger charge is -2.23. The van der Waals surface area contributed by atoms with Gasteiger partial charge in [-0.15, -0.1) is 0 Å².